The summed E-state index contributed by atoms with van der Waals surface area (Å²) in [5.41, 5.74) is 1.23. The number of hydrogen-bond donors (Lipinski definition) is 2. The number of fused-ring (bicyclic) bond motifs is 1. The number of hydrogen-bond acceptors (Lipinski definition) is 5. The van der Waals surface area contributed by atoms with E-state index in [1.54, 1.807) is 25.4 Å². The molecule has 1 amide bonds. The highest BCUT2D eigenvalue weighted by Crippen LogP contribution is 2.40. The van der Waals surface area contributed by atoms with E-state index in [4.69, 9.17) is 4.74 Å². The van der Waals surface area contributed by atoms with Gasteiger partial charge in [-0.1, -0.05) is 32.0 Å². The molecule has 1 aliphatic heterocycles. The molecule has 0 saturated heterocycles. The molecule has 1 atom stereocenters. The van der Waals surface area contributed by atoms with E-state index < -0.39 is 5.54 Å². The zero-order valence-corrected chi connectivity index (χ0v) is 20.4. The second-order valence-electron chi connectivity index (χ2n) is 9.39. The van der Waals surface area contributed by atoms with E-state index in [-0.39, 0.29) is 23.3 Å². The summed E-state index contributed by atoms with van der Waals surface area (Å²) in [7, 11) is 1.59. The van der Waals surface area contributed by atoms with Gasteiger partial charge in [0.05, 0.1) is 36.1 Å². The molecule has 1 aromatic carbocycles. The van der Waals surface area contributed by atoms with Crippen molar-refractivity contribution in [3.8, 4) is 5.88 Å². The van der Waals surface area contributed by atoms with Gasteiger partial charge in [-0.05, 0) is 56.9 Å². The van der Waals surface area contributed by atoms with Gasteiger partial charge in [0.15, 0.2) is 0 Å². The normalized spacial score (nSPS) is 16.9. The van der Waals surface area contributed by atoms with Crippen LogP contribution in [0.5, 0.6) is 5.88 Å². The lowest BCUT2D eigenvalue weighted by Gasteiger charge is -2.38. The van der Waals surface area contributed by atoms with E-state index in [1.807, 2.05) is 36.7 Å². The van der Waals surface area contributed by atoms with Gasteiger partial charge in [-0.2, -0.15) is 5.10 Å². The number of methoxy groups -OCH3 is 1. The zero-order valence-electron chi connectivity index (χ0n) is 20.4. The van der Waals surface area contributed by atoms with E-state index in [0.717, 1.165) is 17.7 Å². The molecule has 0 bridgehead atoms. The highest BCUT2D eigenvalue weighted by atomic mass is 19.1. The first-order valence-corrected chi connectivity index (χ1v) is 11.7. The van der Waals surface area contributed by atoms with E-state index in [1.165, 1.54) is 12.1 Å². The van der Waals surface area contributed by atoms with Crippen molar-refractivity contribution in [1.29, 1.82) is 0 Å². The second kappa shape index (κ2) is 9.08. The number of rotatable bonds is 7. The Hall–Kier alpha value is -3.42. The Kier molecular flexibility index (Phi) is 6.34. The Morgan fingerprint density at radius 1 is 1.24 bits per heavy atom. The number of benzene rings is 1. The maximum absolute atomic E-state index is 13.6. The largest absolute Gasteiger partial charge is 0.481 e. The van der Waals surface area contributed by atoms with Gasteiger partial charge in [-0.3, -0.25) is 4.79 Å². The fourth-order valence-corrected chi connectivity index (χ4v) is 4.79. The molecule has 2 aromatic heterocycles. The third-order valence-corrected chi connectivity index (χ3v) is 6.87. The number of nitrogens with zero attached hydrogens (tertiary/aromatic N) is 3. The smallest absolute Gasteiger partial charge is 0.257 e. The predicted molar refractivity (Wildman–Crippen MR) is 129 cm³/mol. The number of aromatic nitrogens is 3. The molecule has 4 rings (SSSR count). The first-order chi connectivity index (χ1) is 16.2. The summed E-state index contributed by atoms with van der Waals surface area (Å²) < 4.78 is 20.7. The monoisotopic (exact) mass is 465 g/mol. The highest BCUT2D eigenvalue weighted by molar-refractivity contribution is 5.99. The first-order valence-electron chi connectivity index (χ1n) is 11.7. The molecule has 0 spiro atoms. The number of halogens is 1. The van der Waals surface area contributed by atoms with Crippen molar-refractivity contribution in [2.45, 2.75) is 64.1 Å². The van der Waals surface area contributed by atoms with Gasteiger partial charge in [0.25, 0.3) is 5.91 Å². The third-order valence-electron chi connectivity index (χ3n) is 6.87. The number of carbonyl (C=O) groups is 1. The average Bonchev–Trinajstić information content (AvgIpc) is 3.28. The summed E-state index contributed by atoms with van der Waals surface area (Å²) in [6.45, 7) is 8.24. The van der Waals surface area contributed by atoms with Gasteiger partial charge in [0.2, 0.25) is 5.88 Å². The fraction of sp³-hybridized carbons (Fsp3) is 0.423. The Morgan fingerprint density at radius 3 is 2.59 bits per heavy atom. The first kappa shape index (κ1) is 23.7. The standard InChI is InChI=1S/C26H32FN5O2/c1-6-26(7-2,17-11-13-18(27)14-12-17)31-24(33)19-16-28-32-23(19)30-21(15-25(32,3)4)20-9-8-10-22(29-20)34-5/h8-14,16,21,30H,6-7,15H2,1-5H3,(H,31,33). The van der Waals surface area contributed by atoms with Crippen LogP contribution in [0.4, 0.5) is 10.2 Å². The summed E-state index contributed by atoms with van der Waals surface area (Å²) in [5.74, 6) is 0.676. The van der Waals surface area contributed by atoms with Crippen LogP contribution in [-0.4, -0.2) is 27.8 Å². The topological polar surface area (TPSA) is 81.1 Å². The third kappa shape index (κ3) is 4.24. The van der Waals surface area contributed by atoms with Crippen molar-refractivity contribution in [3.05, 3.63) is 71.3 Å². The summed E-state index contributed by atoms with van der Waals surface area (Å²) in [6, 6.07) is 11.9. The van der Waals surface area contributed by atoms with Gasteiger partial charge in [0.1, 0.15) is 17.2 Å². The number of amides is 1. The Bertz CT molecular complexity index is 1170. The van der Waals surface area contributed by atoms with Crippen LogP contribution in [0.2, 0.25) is 0 Å². The van der Waals surface area contributed by atoms with Crippen LogP contribution in [-0.2, 0) is 11.1 Å². The van der Waals surface area contributed by atoms with Gasteiger partial charge >= 0.3 is 0 Å². The van der Waals surface area contributed by atoms with Crippen LogP contribution < -0.4 is 15.4 Å². The lowest BCUT2D eigenvalue weighted by Crippen LogP contribution is -2.45. The van der Waals surface area contributed by atoms with Gasteiger partial charge < -0.3 is 15.4 Å². The fourth-order valence-electron chi connectivity index (χ4n) is 4.79. The molecule has 1 unspecified atom stereocenters. The highest BCUT2D eigenvalue weighted by Gasteiger charge is 2.39. The number of carbonyl (C=O) groups excluding carboxylic acids is 1. The lowest BCUT2D eigenvalue weighted by molar-refractivity contribution is 0.0890. The number of anilines is 1. The molecule has 34 heavy (non-hydrogen) atoms. The minimum atomic E-state index is -0.614. The predicted octanol–water partition coefficient (Wildman–Crippen LogP) is 5.16. The summed E-state index contributed by atoms with van der Waals surface area (Å²) in [4.78, 5) is 18.2. The Labute approximate surface area is 199 Å². The second-order valence-corrected chi connectivity index (χ2v) is 9.39. The molecule has 3 aromatic rings. The van der Waals surface area contributed by atoms with Gasteiger partial charge in [-0.25, -0.2) is 14.1 Å². The van der Waals surface area contributed by atoms with Crippen LogP contribution in [0, 0.1) is 5.82 Å². The lowest BCUT2D eigenvalue weighted by atomic mass is 9.84. The van der Waals surface area contributed by atoms with Crippen molar-refractivity contribution in [3.63, 3.8) is 0 Å². The van der Waals surface area contributed by atoms with E-state index >= 15 is 0 Å². The van der Waals surface area contributed by atoms with Crippen molar-refractivity contribution in [1.82, 2.24) is 20.1 Å². The van der Waals surface area contributed by atoms with Crippen molar-refractivity contribution < 1.29 is 13.9 Å². The van der Waals surface area contributed by atoms with Crippen LogP contribution in [0.3, 0.4) is 0 Å². The minimum absolute atomic E-state index is 0.111. The molecule has 1 aliphatic rings. The summed E-state index contributed by atoms with van der Waals surface area (Å²) in [5, 5.41) is 11.3. The van der Waals surface area contributed by atoms with E-state index in [0.29, 0.717) is 30.1 Å². The van der Waals surface area contributed by atoms with Gasteiger partial charge in [-0.15, -0.1) is 0 Å². The number of nitrogens with one attached hydrogen (secondary N) is 2. The molecule has 180 valence electrons. The van der Waals surface area contributed by atoms with Crippen molar-refractivity contribution in [2.24, 2.45) is 0 Å². The molecule has 0 saturated carbocycles. The maximum atomic E-state index is 13.6. The molecule has 2 N–H and O–H groups in total. The average molecular weight is 466 g/mol. The van der Waals surface area contributed by atoms with Crippen molar-refractivity contribution >= 4 is 11.7 Å². The Morgan fingerprint density at radius 2 is 1.94 bits per heavy atom. The quantitative estimate of drug-likeness (QED) is 0.504. The zero-order chi connectivity index (χ0) is 24.5. The molecule has 0 radical (unpaired) electrons. The van der Waals surface area contributed by atoms with Crippen LogP contribution in [0.15, 0.2) is 48.7 Å². The van der Waals surface area contributed by atoms with E-state index in [9.17, 15) is 9.18 Å². The molecule has 3 heterocycles. The van der Waals surface area contributed by atoms with E-state index in [2.05, 4.69) is 34.6 Å². The number of ether oxygens (including phenoxy) is 1. The van der Waals surface area contributed by atoms with Crippen LogP contribution in [0.25, 0.3) is 0 Å². The SMILES string of the molecule is CCC(CC)(NC(=O)c1cnn2c1NC(c1cccc(OC)n1)CC2(C)C)c1ccc(F)cc1. The molecular weight excluding hydrogens is 433 g/mol. The van der Waals surface area contributed by atoms with Gasteiger partial charge in [0, 0.05) is 6.07 Å². The Balaban J connectivity index is 1.67. The molecule has 0 aliphatic carbocycles. The molecular formula is C26H32FN5O2. The molecule has 0 fully saturated rings. The van der Waals surface area contributed by atoms with Crippen LogP contribution in [0.1, 0.15) is 74.6 Å². The van der Waals surface area contributed by atoms with Crippen LogP contribution >= 0.6 is 0 Å². The minimum Gasteiger partial charge on any atom is -0.481 e. The number of pyridine rings is 1. The summed E-state index contributed by atoms with van der Waals surface area (Å²) >= 11 is 0. The molecule has 7 nitrogen and oxygen atoms in total. The summed E-state index contributed by atoms with van der Waals surface area (Å²) in [6.07, 6.45) is 3.69. The van der Waals surface area contributed by atoms with Crippen molar-refractivity contribution in [2.75, 3.05) is 12.4 Å². The molecule has 8 heteroatoms. The maximum Gasteiger partial charge on any atom is 0.257 e.